The van der Waals surface area contributed by atoms with Crippen molar-refractivity contribution < 1.29 is 19.8 Å². The Morgan fingerprint density at radius 1 is 1.00 bits per heavy atom. The van der Waals surface area contributed by atoms with Crippen LogP contribution in [0.1, 0.15) is 49.1 Å². The summed E-state index contributed by atoms with van der Waals surface area (Å²) in [5.74, 6) is -1.72. The maximum absolute atomic E-state index is 13.5. The normalized spacial score (nSPS) is 17.8. The smallest absolute Gasteiger partial charge is 0.302 e. The lowest BCUT2D eigenvalue weighted by Gasteiger charge is -2.24. The van der Waals surface area contributed by atoms with Crippen molar-refractivity contribution >= 4 is 34.4 Å². The number of hydrogen-bond donors (Lipinski definition) is 3. The number of anilines is 1. The van der Waals surface area contributed by atoms with Crippen LogP contribution < -0.4 is 4.90 Å². The van der Waals surface area contributed by atoms with Crippen molar-refractivity contribution in [1.82, 2.24) is 9.97 Å². The Hall–Kier alpha value is -4.39. The molecule has 1 aromatic heterocycles. The fourth-order valence-corrected chi connectivity index (χ4v) is 4.60. The van der Waals surface area contributed by atoms with Crippen molar-refractivity contribution in [3.05, 3.63) is 94.6 Å². The highest BCUT2D eigenvalue weighted by Crippen LogP contribution is 2.43. The second-order valence-electron chi connectivity index (χ2n) is 10.1. The molecule has 5 rings (SSSR count). The highest BCUT2D eigenvalue weighted by atomic mass is 16.3. The van der Waals surface area contributed by atoms with Crippen LogP contribution in [0.15, 0.2) is 72.3 Å². The van der Waals surface area contributed by atoms with Crippen molar-refractivity contribution in [2.24, 2.45) is 0 Å². The summed E-state index contributed by atoms with van der Waals surface area (Å²) in [6.07, 6.45) is 0. The van der Waals surface area contributed by atoms with Crippen LogP contribution in [0.5, 0.6) is 5.75 Å². The standard InChI is InChI=1S/C29H27N3O4/c1-16-12-13-18(29(2,3)4)15-20(16)25(34)23-24(17-8-7-9-19(33)14-17)32(27(36)26(23)35)28-30-21-10-5-6-11-22(21)31-28/h5-15,24,33-34H,1-4H3,(H,30,31)/b25-23+. The number of carbonyl (C=O) groups excluding carboxylic acids is 2. The highest BCUT2D eigenvalue weighted by molar-refractivity contribution is 6.51. The van der Waals surface area contributed by atoms with Gasteiger partial charge in [0.2, 0.25) is 5.95 Å². The van der Waals surface area contributed by atoms with Gasteiger partial charge in [-0.05, 0) is 59.4 Å². The zero-order valence-electron chi connectivity index (χ0n) is 20.5. The molecule has 36 heavy (non-hydrogen) atoms. The number of phenolic OH excluding ortho intramolecular Hbond substituents is 1. The third kappa shape index (κ3) is 3.82. The van der Waals surface area contributed by atoms with Gasteiger partial charge in [0.15, 0.2) is 0 Å². The van der Waals surface area contributed by atoms with E-state index in [0.717, 1.165) is 11.1 Å². The number of nitrogens with one attached hydrogen (secondary N) is 1. The van der Waals surface area contributed by atoms with Crippen molar-refractivity contribution in [1.29, 1.82) is 0 Å². The molecule has 1 aliphatic rings. The number of nitrogens with zero attached hydrogens (tertiary/aromatic N) is 2. The molecule has 1 aliphatic heterocycles. The predicted octanol–water partition coefficient (Wildman–Crippen LogP) is 5.50. The summed E-state index contributed by atoms with van der Waals surface area (Å²) < 4.78 is 0. The minimum Gasteiger partial charge on any atom is -0.508 e. The third-order valence-corrected chi connectivity index (χ3v) is 6.59. The number of aliphatic hydroxyl groups is 1. The van der Waals surface area contributed by atoms with Crippen LogP contribution in [0, 0.1) is 6.92 Å². The zero-order chi connectivity index (χ0) is 25.8. The Morgan fingerprint density at radius 2 is 1.75 bits per heavy atom. The Balaban J connectivity index is 1.76. The van der Waals surface area contributed by atoms with E-state index >= 15 is 0 Å². The van der Waals surface area contributed by atoms with E-state index in [9.17, 15) is 19.8 Å². The Kier molecular flexibility index (Phi) is 5.43. The maximum atomic E-state index is 13.5. The first-order valence-electron chi connectivity index (χ1n) is 11.7. The van der Waals surface area contributed by atoms with Crippen molar-refractivity contribution in [3.63, 3.8) is 0 Å². The summed E-state index contributed by atoms with van der Waals surface area (Å²) in [5.41, 5.74) is 3.81. The molecule has 1 amide bonds. The number of aromatic nitrogens is 2. The number of phenols is 1. The summed E-state index contributed by atoms with van der Waals surface area (Å²) in [7, 11) is 0. The molecule has 7 nitrogen and oxygen atoms in total. The Labute approximate surface area is 208 Å². The molecule has 1 fully saturated rings. The number of aryl methyl sites for hydroxylation is 1. The van der Waals surface area contributed by atoms with Crippen LogP contribution in [-0.2, 0) is 15.0 Å². The number of ketones is 1. The lowest BCUT2D eigenvalue weighted by Crippen LogP contribution is -2.30. The monoisotopic (exact) mass is 481 g/mol. The summed E-state index contributed by atoms with van der Waals surface area (Å²) in [5, 5.41) is 21.8. The van der Waals surface area contributed by atoms with Gasteiger partial charge in [0, 0.05) is 5.56 Å². The van der Waals surface area contributed by atoms with Gasteiger partial charge < -0.3 is 15.2 Å². The van der Waals surface area contributed by atoms with Gasteiger partial charge >= 0.3 is 5.91 Å². The molecule has 0 bridgehead atoms. The molecule has 0 radical (unpaired) electrons. The van der Waals surface area contributed by atoms with Gasteiger partial charge in [-0.3, -0.25) is 14.5 Å². The fourth-order valence-electron chi connectivity index (χ4n) is 4.60. The average molecular weight is 482 g/mol. The number of aromatic amines is 1. The van der Waals surface area contributed by atoms with Gasteiger partial charge in [-0.2, -0.15) is 0 Å². The van der Waals surface area contributed by atoms with Gasteiger partial charge in [-0.1, -0.05) is 57.2 Å². The molecule has 1 unspecified atom stereocenters. The van der Waals surface area contributed by atoms with Crippen LogP contribution in [-0.4, -0.2) is 31.9 Å². The molecule has 1 atom stereocenters. The van der Waals surface area contributed by atoms with E-state index in [2.05, 4.69) is 30.7 Å². The molecule has 3 aromatic carbocycles. The van der Waals surface area contributed by atoms with Crippen LogP contribution in [0.2, 0.25) is 0 Å². The number of Topliss-reactive ketones (excluding diaryl/α,β-unsaturated/α-hetero) is 1. The molecule has 4 aromatic rings. The Morgan fingerprint density at radius 3 is 2.44 bits per heavy atom. The number of amides is 1. The fraction of sp³-hybridized carbons (Fsp3) is 0.207. The first-order valence-corrected chi connectivity index (χ1v) is 11.7. The van der Waals surface area contributed by atoms with E-state index in [0.29, 0.717) is 22.2 Å². The molecule has 182 valence electrons. The number of hydrogen-bond acceptors (Lipinski definition) is 5. The number of aliphatic hydroxyl groups excluding tert-OH is 1. The Bertz CT molecular complexity index is 1530. The largest absolute Gasteiger partial charge is 0.508 e. The molecule has 7 heteroatoms. The van der Waals surface area contributed by atoms with Gasteiger partial charge in [0.25, 0.3) is 5.78 Å². The van der Waals surface area contributed by atoms with E-state index < -0.39 is 17.7 Å². The first kappa shape index (κ1) is 23.4. The topological polar surface area (TPSA) is 107 Å². The lowest BCUT2D eigenvalue weighted by molar-refractivity contribution is -0.132. The van der Waals surface area contributed by atoms with Crippen LogP contribution in [0.3, 0.4) is 0 Å². The van der Waals surface area contributed by atoms with Crippen molar-refractivity contribution in [3.8, 4) is 5.75 Å². The minimum absolute atomic E-state index is 0.0198. The number of fused-ring (bicyclic) bond motifs is 1. The molecule has 0 spiro atoms. The van der Waals surface area contributed by atoms with E-state index in [-0.39, 0.29) is 28.4 Å². The first-order chi connectivity index (χ1) is 17.1. The zero-order valence-corrected chi connectivity index (χ0v) is 20.5. The molecular formula is C29H27N3O4. The van der Waals surface area contributed by atoms with E-state index in [1.165, 1.54) is 17.0 Å². The van der Waals surface area contributed by atoms with E-state index in [1.807, 2.05) is 43.3 Å². The quantitative estimate of drug-likeness (QED) is 0.203. The molecule has 1 saturated heterocycles. The number of imidazole rings is 1. The van der Waals surface area contributed by atoms with Crippen molar-refractivity contribution in [2.45, 2.75) is 39.2 Å². The molecule has 0 aliphatic carbocycles. The lowest BCUT2D eigenvalue weighted by atomic mass is 9.84. The number of rotatable bonds is 3. The number of H-pyrrole nitrogens is 1. The molecule has 0 saturated carbocycles. The third-order valence-electron chi connectivity index (χ3n) is 6.59. The SMILES string of the molecule is Cc1ccc(C(C)(C)C)cc1/C(O)=C1\C(=O)C(=O)N(c2nc3ccccc3[nH]2)C1c1cccc(O)c1. The van der Waals surface area contributed by atoms with Crippen LogP contribution in [0.25, 0.3) is 16.8 Å². The summed E-state index contributed by atoms with van der Waals surface area (Å²) in [4.78, 5) is 35.8. The van der Waals surface area contributed by atoms with E-state index in [4.69, 9.17) is 0 Å². The van der Waals surface area contributed by atoms with Crippen LogP contribution in [0.4, 0.5) is 5.95 Å². The summed E-state index contributed by atoms with van der Waals surface area (Å²) in [6, 6.07) is 18.4. The molecule has 3 N–H and O–H groups in total. The maximum Gasteiger partial charge on any atom is 0.302 e. The van der Waals surface area contributed by atoms with Gasteiger partial charge in [-0.25, -0.2) is 4.98 Å². The number of benzene rings is 3. The van der Waals surface area contributed by atoms with Crippen LogP contribution >= 0.6 is 0 Å². The average Bonchev–Trinajstić information content (AvgIpc) is 3.36. The molecule has 2 heterocycles. The van der Waals surface area contributed by atoms with Gasteiger partial charge in [-0.15, -0.1) is 0 Å². The number of para-hydroxylation sites is 2. The number of carbonyl (C=O) groups is 2. The number of aromatic hydroxyl groups is 1. The summed E-state index contributed by atoms with van der Waals surface area (Å²) in [6.45, 7) is 8.04. The van der Waals surface area contributed by atoms with Gasteiger partial charge in [0.05, 0.1) is 22.6 Å². The second-order valence-corrected chi connectivity index (χ2v) is 10.1. The molecular weight excluding hydrogens is 454 g/mol. The van der Waals surface area contributed by atoms with Crippen molar-refractivity contribution in [2.75, 3.05) is 4.90 Å². The minimum atomic E-state index is -0.990. The predicted molar refractivity (Wildman–Crippen MR) is 139 cm³/mol. The summed E-state index contributed by atoms with van der Waals surface area (Å²) >= 11 is 0. The second kappa shape index (κ2) is 8.37. The van der Waals surface area contributed by atoms with E-state index in [1.54, 1.807) is 18.2 Å². The van der Waals surface area contributed by atoms with Gasteiger partial charge in [0.1, 0.15) is 11.5 Å². The highest BCUT2D eigenvalue weighted by Gasteiger charge is 2.48.